The predicted molar refractivity (Wildman–Crippen MR) is 77.5 cm³/mol. The number of ether oxygens (including phenoxy) is 1. The van der Waals surface area contributed by atoms with Gasteiger partial charge in [-0.15, -0.1) is 0 Å². The maximum Gasteiger partial charge on any atom is 0.360 e. The molecular weight excluding hydrogens is 254 g/mol. The van der Waals surface area contributed by atoms with E-state index in [1.54, 1.807) is 13.3 Å². The molecule has 0 aliphatic carbocycles. The lowest BCUT2D eigenvalue weighted by molar-refractivity contribution is 0.0521. The summed E-state index contributed by atoms with van der Waals surface area (Å²) in [5, 5.41) is 0. The van der Waals surface area contributed by atoms with E-state index in [1.165, 1.54) is 0 Å². The number of nitrogens with two attached hydrogens (primary N) is 1. The molecule has 2 aromatic rings. The van der Waals surface area contributed by atoms with E-state index in [1.807, 2.05) is 34.9 Å². The van der Waals surface area contributed by atoms with Crippen molar-refractivity contribution >= 4 is 11.8 Å². The SMILES string of the molecule is CCOC(=O)c1ncn(C(CC)c2ccccc2)c1N. The van der Waals surface area contributed by atoms with Crippen molar-refractivity contribution in [2.75, 3.05) is 12.3 Å². The molecule has 0 radical (unpaired) electrons. The highest BCUT2D eigenvalue weighted by molar-refractivity contribution is 5.92. The Kier molecular flexibility index (Phi) is 4.40. The Hall–Kier alpha value is -2.30. The number of rotatable bonds is 5. The Morgan fingerprint density at radius 2 is 2.05 bits per heavy atom. The van der Waals surface area contributed by atoms with Crippen molar-refractivity contribution in [2.24, 2.45) is 0 Å². The molecule has 0 fully saturated rings. The molecule has 1 aromatic carbocycles. The van der Waals surface area contributed by atoms with Crippen LogP contribution < -0.4 is 5.73 Å². The maximum atomic E-state index is 11.7. The standard InChI is InChI=1S/C15H19N3O2/c1-3-12(11-8-6-5-7-9-11)18-10-17-13(14(18)16)15(19)20-4-2/h5-10,12H,3-4,16H2,1-2H3. The average molecular weight is 273 g/mol. The minimum absolute atomic E-state index is 0.0619. The first-order chi connectivity index (χ1) is 9.69. The molecule has 0 saturated carbocycles. The van der Waals surface area contributed by atoms with Gasteiger partial charge < -0.3 is 15.0 Å². The number of hydrogen-bond acceptors (Lipinski definition) is 4. The van der Waals surface area contributed by atoms with Gasteiger partial charge in [-0.2, -0.15) is 0 Å². The fraction of sp³-hybridized carbons (Fsp3) is 0.333. The first-order valence-electron chi connectivity index (χ1n) is 6.73. The van der Waals surface area contributed by atoms with Crippen molar-refractivity contribution in [2.45, 2.75) is 26.3 Å². The molecule has 106 valence electrons. The summed E-state index contributed by atoms with van der Waals surface area (Å²) in [5.74, 6) is -0.134. The van der Waals surface area contributed by atoms with Crippen molar-refractivity contribution in [1.82, 2.24) is 9.55 Å². The predicted octanol–water partition coefficient (Wildman–Crippen LogP) is 2.64. The van der Waals surface area contributed by atoms with Crippen LogP contribution in [0.4, 0.5) is 5.82 Å². The van der Waals surface area contributed by atoms with E-state index in [-0.39, 0.29) is 11.7 Å². The molecule has 1 aromatic heterocycles. The van der Waals surface area contributed by atoms with Gasteiger partial charge in [0.05, 0.1) is 19.0 Å². The van der Waals surface area contributed by atoms with Crippen LogP contribution in [0.15, 0.2) is 36.7 Å². The highest BCUT2D eigenvalue weighted by atomic mass is 16.5. The van der Waals surface area contributed by atoms with Crippen molar-refractivity contribution in [3.63, 3.8) is 0 Å². The maximum absolute atomic E-state index is 11.7. The van der Waals surface area contributed by atoms with Gasteiger partial charge in [-0.25, -0.2) is 9.78 Å². The van der Waals surface area contributed by atoms with Crippen molar-refractivity contribution in [1.29, 1.82) is 0 Å². The number of benzene rings is 1. The molecule has 2 rings (SSSR count). The van der Waals surface area contributed by atoms with Gasteiger partial charge in [0, 0.05) is 0 Å². The summed E-state index contributed by atoms with van der Waals surface area (Å²) < 4.78 is 6.77. The third-order valence-electron chi connectivity index (χ3n) is 3.21. The van der Waals surface area contributed by atoms with E-state index in [0.29, 0.717) is 12.4 Å². The lowest BCUT2D eigenvalue weighted by atomic mass is 10.0. The van der Waals surface area contributed by atoms with E-state index in [0.717, 1.165) is 12.0 Å². The van der Waals surface area contributed by atoms with Crippen molar-refractivity contribution in [3.05, 3.63) is 47.9 Å². The van der Waals surface area contributed by atoms with Crippen LogP contribution in [0.5, 0.6) is 0 Å². The quantitative estimate of drug-likeness (QED) is 0.850. The second kappa shape index (κ2) is 6.23. The minimum Gasteiger partial charge on any atom is -0.461 e. The third-order valence-corrected chi connectivity index (χ3v) is 3.21. The van der Waals surface area contributed by atoms with Crippen molar-refractivity contribution in [3.8, 4) is 0 Å². The second-order valence-electron chi connectivity index (χ2n) is 4.44. The summed E-state index contributed by atoms with van der Waals surface area (Å²) in [6.45, 7) is 4.13. The van der Waals surface area contributed by atoms with Crippen LogP contribution in [-0.2, 0) is 4.74 Å². The van der Waals surface area contributed by atoms with Crippen LogP contribution in [0, 0.1) is 0 Å². The summed E-state index contributed by atoms with van der Waals surface area (Å²) in [4.78, 5) is 15.8. The molecule has 1 heterocycles. The smallest absolute Gasteiger partial charge is 0.360 e. The summed E-state index contributed by atoms with van der Waals surface area (Å²) in [6, 6.07) is 10.1. The Morgan fingerprint density at radius 3 is 2.65 bits per heavy atom. The number of hydrogen-bond donors (Lipinski definition) is 1. The van der Waals surface area contributed by atoms with E-state index in [9.17, 15) is 4.79 Å². The van der Waals surface area contributed by atoms with Gasteiger partial charge in [0.25, 0.3) is 0 Å². The van der Waals surface area contributed by atoms with Crippen LogP contribution in [0.2, 0.25) is 0 Å². The molecule has 0 aliphatic rings. The summed E-state index contributed by atoms with van der Waals surface area (Å²) >= 11 is 0. The number of imidazole rings is 1. The number of nitrogens with zero attached hydrogens (tertiary/aromatic N) is 2. The molecular formula is C15H19N3O2. The molecule has 5 nitrogen and oxygen atoms in total. The number of carbonyl (C=O) groups excluding carboxylic acids is 1. The monoisotopic (exact) mass is 273 g/mol. The highest BCUT2D eigenvalue weighted by Crippen LogP contribution is 2.26. The summed E-state index contributed by atoms with van der Waals surface area (Å²) in [7, 11) is 0. The van der Waals surface area contributed by atoms with Gasteiger partial charge >= 0.3 is 5.97 Å². The highest BCUT2D eigenvalue weighted by Gasteiger charge is 2.21. The van der Waals surface area contributed by atoms with Gasteiger partial charge in [0.15, 0.2) is 5.69 Å². The zero-order valence-electron chi connectivity index (χ0n) is 11.7. The molecule has 5 heteroatoms. The molecule has 20 heavy (non-hydrogen) atoms. The number of aromatic nitrogens is 2. The van der Waals surface area contributed by atoms with Crippen LogP contribution >= 0.6 is 0 Å². The second-order valence-corrected chi connectivity index (χ2v) is 4.44. The van der Waals surface area contributed by atoms with Crippen LogP contribution in [-0.4, -0.2) is 22.1 Å². The topological polar surface area (TPSA) is 70.1 Å². The summed E-state index contributed by atoms with van der Waals surface area (Å²) in [6.07, 6.45) is 2.45. The van der Waals surface area contributed by atoms with Crippen LogP contribution in [0.3, 0.4) is 0 Å². The lowest BCUT2D eigenvalue weighted by Gasteiger charge is -2.18. The first-order valence-corrected chi connectivity index (χ1v) is 6.73. The molecule has 0 spiro atoms. The molecule has 2 N–H and O–H groups in total. The fourth-order valence-corrected chi connectivity index (χ4v) is 2.24. The first kappa shape index (κ1) is 14.1. The number of anilines is 1. The molecule has 0 amide bonds. The molecule has 1 atom stereocenters. The molecule has 0 saturated heterocycles. The number of nitrogen functional groups attached to an aromatic ring is 1. The van der Waals surface area contributed by atoms with Crippen molar-refractivity contribution < 1.29 is 9.53 Å². The van der Waals surface area contributed by atoms with Crippen LogP contribution in [0.1, 0.15) is 42.4 Å². The largest absolute Gasteiger partial charge is 0.461 e. The molecule has 0 aliphatic heterocycles. The number of carbonyl (C=O) groups is 1. The lowest BCUT2D eigenvalue weighted by Crippen LogP contribution is -2.14. The van der Waals surface area contributed by atoms with Crippen LogP contribution in [0.25, 0.3) is 0 Å². The van der Waals surface area contributed by atoms with Gasteiger partial charge in [-0.3, -0.25) is 0 Å². The average Bonchev–Trinajstić information content (AvgIpc) is 2.83. The Labute approximate surface area is 118 Å². The third kappa shape index (κ3) is 2.66. The van der Waals surface area contributed by atoms with Gasteiger partial charge in [0.1, 0.15) is 5.82 Å². The van der Waals surface area contributed by atoms with E-state index < -0.39 is 5.97 Å². The Bertz CT molecular complexity index is 578. The Balaban J connectivity index is 2.35. The number of esters is 1. The van der Waals surface area contributed by atoms with E-state index in [4.69, 9.17) is 10.5 Å². The zero-order chi connectivity index (χ0) is 14.5. The molecule has 0 bridgehead atoms. The van der Waals surface area contributed by atoms with E-state index >= 15 is 0 Å². The Morgan fingerprint density at radius 1 is 1.35 bits per heavy atom. The normalized spacial score (nSPS) is 12.1. The van der Waals surface area contributed by atoms with E-state index in [2.05, 4.69) is 11.9 Å². The summed E-state index contributed by atoms with van der Waals surface area (Å²) in [5.41, 5.74) is 7.36. The van der Waals surface area contributed by atoms with Gasteiger partial charge in [-0.1, -0.05) is 37.3 Å². The zero-order valence-corrected chi connectivity index (χ0v) is 11.7. The van der Waals surface area contributed by atoms with Gasteiger partial charge in [-0.05, 0) is 18.9 Å². The van der Waals surface area contributed by atoms with Gasteiger partial charge in [0.2, 0.25) is 0 Å². The fourth-order valence-electron chi connectivity index (χ4n) is 2.24. The minimum atomic E-state index is -0.480. The molecule has 1 unspecified atom stereocenters.